The van der Waals surface area contributed by atoms with Crippen molar-refractivity contribution in [2.24, 2.45) is 0 Å². The van der Waals surface area contributed by atoms with Gasteiger partial charge in [0.15, 0.2) is 5.78 Å². The summed E-state index contributed by atoms with van der Waals surface area (Å²) in [5.41, 5.74) is 1.70. The third-order valence-corrected chi connectivity index (χ3v) is 4.31. The minimum absolute atomic E-state index is 0.0312. The normalized spacial score (nSPS) is 24.1. The smallest absolute Gasteiger partial charge is 0.178 e. The first kappa shape index (κ1) is 12.6. The van der Waals surface area contributed by atoms with Crippen LogP contribution in [-0.2, 0) is 0 Å². The molecule has 3 rings (SSSR count). The second kappa shape index (κ2) is 5.29. The molecule has 1 atom stereocenters. The Bertz CT molecular complexity index is 457. The maximum Gasteiger partial charge on any atom is 0.178 e. The molecule has 3 heterocycles. The van der Waals surface area contributed by atoms with Crippen molar-refractivity contribution in [1.82, 2.24) is 9.88 Å². The van der Waals surface area contributed by atoms with E-state index in [4.69, 9.17) is 0 Å². The van der Waals surface area contributed by atoms with Gasteiger partial charge in [-0.25, -0.2) is 0 Å². The summed E-state index contributed by atoms with van der Waals surface area (Å²) in [6.45, 7) is 6.14. The first-order valence-corrected chi connectivity index (χ1v) is 7.20. The number of nitrogens with zero attached hydrogens (tertiary/aromatic N) is 3. The number of hydrogen-bond donors (Lipinski definition) is 0. The SMILES string of the molecule is CC(=O)c1ccc(N2CCN3CCCCC3C2)cn1. The molecular formula is C15H21N3O. The van der Waals surface area contributed by atoms with E-state index in [1.165, 1.54) is 25.8 Å². The van der Waals surface area contributed by atoms with Crippen LogP contribution in [0.5, 0.6) is 0 Å². The molecule has 0 N–H and O–H groups in total. The highest BCUT2D eigenvalue weighted by atomic mass is 16.1. The molecule has 0 amide bonds. The predicted octanol–water partition coefficient (Wildman–Crippen LogP) is 1.96. The highest BCUT2D eigenvalue weighted by Gasteiger charge is 2.28. The number of aromatic nitrogens is 1. The van der Waals surface area contributed by atoms with Gasteiger partial charge in [0.1, 0.15) is 5.69 Å². The zero-order valence-corrected chi connectivity index (χ0v) is 11.5. The van der Waals surface area contributed by atoms with E-state index in [9.17, 15) is 4.79 Å². The first-order valence-electron chi connectivity index (χ1n) is 7.20. The summed E-state index contributed by atoms with van der Waals surface area (Å²) in [5.74, 6) is 0.0312. The average molecular weight is 259 g/mol. The van der Waals surface area contributed by atoms with Gasteiger partial charge in [-0.15, -0.1) is 0 Å². The number of hydrogen-bond acceptors (Lipinski definition) is 4. The van der Waals surface area contributed by atoms with Crippen LogP contribution in [0.1, 0.15) is 36.7 Å². The fourth-order valence-corrected chi connectivity index (χ4v) is 3.17. The van der Waals surface area contributed by atoms with Crippen LogP contribution in [-0.4, -0.2) is 47.9 Å². The molecule has 2 fully saturated rings. The minimum atomic E-state index is 0.0312. The van der Waals surface area contributed by atoms with E-state index >= 15 is 0 Å². The fourth-order valence-electron chi connectivity index (χ4n) is 3.17. The molecule has 102 valence electrons. The van der Waals surface area contributed by atoms with E-state index in [0.29, 0.717) is 11.7 Å². The Morgan fingerprint density at radius 3 is 2.89 bits per heavy atom. The van der Waals surface area contributed by atoms with Crippen molar-refractivity contribution in [3.63, 3.8) is 0 Å². The lowest BCUT2D eigenvalue weighted by Crippen LogP contribution is -2.54. The molecule has 0 aromatic carbocycles. The van der Waals surface area contributed by atoms with E-state index in [0.717, 1.165) is 25.3 Å². The van der Waals surface area contributed by atoms with Crippen molar-refractivity contribution < 1.29 is 4.79 Å². The van der Waals surface area contributed by atoms with Gasteiger partial charge in [-0.2, -0.15) is 0 Å². The zero-order valence-electron chi connectivity index (χ0n) is 11.5. The van der Waals surface area contributed by atoms with Gasteiger partial charge in [0.25, 0.3) is 0 Å². The third-order valence-electron chi connectivity index (χ3n) is 4.31. The number of Topliss-reactive ketones (excluding diaryl/α,β-unsaturated/α-hetero) is 1. The summed E-state index contributed by atoms with van der Waals surface area (Å²) in [5, 5.41) is 0. The van der Waals surface area contributed by atoms with E-state index in [1.54, 1.807) is 6.92 Å². The van der Waals surface area contributed by atoms with Gasteiger partial charge >= 0.3 is 0 Å². The molecule has 0 bridgehead atoms. The molecule has 0 spiro atoms. The number of rotatable bonds is 2. The molecule has 1 aromatic heterocycles. The molecule has 1 aromatic rings. The number of carbonyl (C=O) groups is 1. The lowest BCUT2D eigenvalue weighted by Gasteiger charge is -2.44. The van der Waals surface area contributed by atoms with E-state index < -0.39 is 0 Å². The van der Waals surface area contributed by atoms with Crippen LogP contribution >= 0.6 is 0 Å². The second-order valence-corrected chi connectivity index (χ2v) is 5.59. The Hall–Kier alpha value is -1.42. The van der Waals surface area contributed by atoms with Crippen LogP contribution < -0.4 is 4.90 Å². The maximum atomic E-state index is 11.2. The molecule has 2 aliphatic rings. The van der Waals surface area contributed by atoms with Crippen LogP contribution in [0.4, 0.5) is 5.69 Å². The second-order valence-electron chi connectivity index (χ2n) is 5.59. The summed E-state index contributed by atoms with van der Waals surface area (Å²) >= 11 is 0. The largest absolute Gasteiger partial charge is 0.367 e. The van der Waals surface area contributed by atoms with Crippen molar-refractivity contribution in [1.29, 1.82) is 0 Å². The Balaban J connectivity index is 1.70. The zero-order chi connectivity index (χ0) is 13.2. The molecule has 1 unspecified atom stereocenters. The van der Waals surface area contributed by atoms with Crippen LogP contribution in [0, 0.1) is 0 Å². The van der Waals surface area contributed by atoms with Gasteiger partial charge in [0.05, 0.1) is 11.9 Å². The number of pyridine rings is 1. The van der Waals surface area contributed by atoms with Gasteiger partial charge < -0.3 is 4.90 Å². The number of ketones is 1. The molecule has 0 radical (unpaired) electrons. The Morgan fingerprint density at radius 1 is 1.26 bits per heavy atom. The van der Waals surface area contributed by atoms with E-state index in [1.807, 2.05) is 18.3 Å². The third kappa shape index (κ3) is 2.63. The summed E-state index contributed by atoms with van der Waals surface area (Å²) in [4.78, 5) is 20.5. The molecule has 0 saturated carbocycles. The predicted molar refractivity (Wildman–Crippen MR) is 75.7 cm³/mol. The van der Waals surface area contributed by atoms with Crippen LogP contribution in [0.15, 0.2) is 18.3 Å². The highest BCUT2D eigenvalue weighted by molar-refractivity contribution is 5.92. The van der Waals surface area contributed by atoms with Crippen LogP contribution in [0.3, 0.4) is 0 Å². The maximum absolute atomic E-state index is 11.2. The summed E-state index contributed by atoms with van der Waals surface area (Å²) in [7, 11) is 0. The van der Waals surface area contributed by atoms with Crippen molar-refractivity contribution in [3.8, 4) is 0 Å². The van der Waals surface area contributed by atoms with Crippen LogP contribution in [0.25, 0.3) is 0 Å². The topological polar surface area (TPSA) is 36.4 Å². The Kier molecular flexibility index (Phi) is 3.51. The number of fused-ring (bicyclic) bond motifs is 1. The van der Waals surface area contributed by atoms with Gasteiger partial charge in [0.2, 0.25) is 0 Å². The van der Waals surface area contributed by atoms with Crippen molar-refractivity contribution >= 4 is 11.5 Å². The number of piperidine rings is 1. The minimum Gasteiger partial charge on any atom is -0.367 e. The molecular weight excluding hydrogens is 238 g/mol. The van der Waals surface area contributed by atoms with Gasteiger partial charge in [-0.05, 0) is 31.5 Å². The number of carbonyl (C=O) groups excluding carboxylic acids is 1. The lowest BCUT2D eigenvalue weighted by atomic mass is 9.99. The van der Waals surface area contributed by atoms with Gasteiger partial charge in [-0.1, -0.05) is 6.42 Å². The Morgan fingerprint density at radius 2 is 2.16 bits per heavy atom. The summed E-state index contributed by atoms with van der Waals surface area (Å²) in [6, 6.07) is 4.57. The molecule has 2 aliphatic heterocycles. The molecule has 19 heavy (non-hydrogen) atoms. The number of anilines is 1. The summed E-state index contributed by atoms with van der Waals surface area (Å²) < 4.78 is 0. The quantitative estimate of drug-likeness (QED) is 0.761. The van der Waals surface area contributed by atoms with E-state index in [2.05, 4.69) is 14.8 Å². The monoisotopic (exact) mass is 259 g/mol. The highest BCUT2D eigenvalue weighted by Crippen LogP contribution is 2.24. The van der Waals surface area contributed by atoms with Gasteiger partial charge in [-0.3, -0.25) is 14.7 Å². The molecule has 0 aliphatic carbocycles. The van der Waals surface area contributed by atoms with Crippen LogP contribution in [0.2, 0.25) is 0 Å². The fraction of sp³-hybridized carbons (Fsp3) is 0.600. The van der Waals surface area contributed by atoms with Gasteiger partial charge in [0, 0.05) is 32.6 Å². The first-order chi connectivity index (χ1) is 9.24. The standard InChI is InChI=1S/C15H21N3O/c1-12(19)15-6-5-13(10-16-15)18-9-8-17-7-3-2-4-14(17)11-18/h5-6,10,14H,2-4,7-9,11H2,1H3. The Labute approximate surface area is 114 Å². The van der Waals surface area contributed by atoms with Crippen molar-refractivity contribution in [3.05, 3.63) is 24.0 Å². The van der Waals surface area contributed by atoms with Crippen molar-refractivity contribution in [2.75, 3.05) is 31.1 Å². The molecule has 2 saturated heterocycles. The molecule has 4 nitrogen and oxygen atoms in total. The van der Waals surface area contributed by atoms with E-state index in [-0.39, 0.29) is 5.78 Å². The molecule has 4 heteroatoms. The summed E-state index contributed by atoms with van der Waals surface area (Å²) in [6.07, 6.45) is 5.87. The number of piperazine rings is 1. The van der Waals surface area contributed by atoms with Crippen molar-refractivity contribution in [2.45, 2.75) is 32.2 Å². The average Bonchev–Trinajstić information content (AvgIpc) is 2.47. The lowest BCUT2D eigenvalue weighted by molar-refractivity contribution is 0.101.